The van der Waals surface area contributed by atoms with Crippen molar-refractivity contribution in [2.75, 3.05) is 6.54 Å². The van der Waals surface area contributed by atoms with Crippen LogP contribution in [0.4, 0.5) is 8.78 Å². The van der Waals surface area contributed by atoms with E-state index in [1.165, 1.54) is 11.8 Å². The minimum absolute atomic E-state index is 0.243. The van der Waals surface area contributed by atoms with Gasteiger partial charge in [0.05, 0.1) is 6.04 Å². The number of rotatable bonds is 1. The van der Waals surface area contributed by atoms with Crippen LogP contribution >= 0.6 is 0 Å². The van der Waals surface area contributed by atoms with Crippen molar-refractivity contribution in [1.29, 1.82) is 0 Å². The molecule has 0 spiro atoms. The highest BCUT2D eigenvalue weighted by Gasteiger charge is 2.33. The number of carbonyl (C=O) groups excluding carboxylic acids is 1. The average molecular weight is 193 g/mol. The number of amides is 1. The van der Waals surface area contributed by atoms with Gasteiger partial charge in [-0.3, -0.25) is 4.79 Å². The second kappa shape index (κ2) is 5.89. The SMILES string of the molecule is CC.CC(=O)N1CCCC1C(F)F. The lowest BCUT2D eigenvalue weighted by atomic mass is 10.2. The van der Waals surface area contributed by atoms with Gasteiger partial charge in [-0.1, -0.05) is 13.8 Å². The summed E-state index contributed by atoms with van der Waals surface area (Å²) >= 11 is 0. The summed E-state index contributed by atoms with van der Waals surface area (Å²) in [6.45, 7) is 5.82. The van der Waals surface area contributed by atoms with Crippen molar-refractivity contribution in [2.45, 2.75) is 46.1 Å². The highest BCUT2D eigenvalue weighted by atomic mass is 19.3. The zero-order chi connectivity index (χ0) is 10.4. The highest BCUT2D eigenvalue weighted by Crippen LogP contribution is 2.22. The summed E-state index contributed by atoms with van der Waals surface area (Å²) in [5.41, 5.74) is 0. The first-order valence-electron chi connectivity index (χ1n) is 4.68. The van der Waals surface area contributed by atoms with Crippen molar-refractivity contribution in [3.8, 4) is 0 Å². The summed E-state index contributed by atoms with van der Waals surface area (Å²) in [7, 11) is 0. The normalized spacial score (nSPS) is 21.4. The lowest BCUT2D eigenvalue weighted by Gasteiger charge is -2.21. The fraction of sp³-hybridized carbons (Fsp3) is 0.889. The molecule has 0 radical (unpaired) electrons. The summed E-state index contributed by atoms with van der Waals surface area (Å²) in [4.78, 5) is 12.0. The predicted octanol–water partition coefficient (Wildman–Crippen LogP) is 2.29. The van der Waals surface area contributed by atoms with Crippen LogP contribution < -0.4 is 0 Å². The summed E-state index contributed by atoms with van der Waals surface area (Å²) in [5, 5.41) is 0. The zero-order valence-electron chi connectivity index (χ0n) is 8.39. The number of carbonyl (C=O) groups is 1. The van der Waals surface area contributed by atoms with Crippen LogP contribution in [0.3, 0.4) is 0 Å². The Morgan fingerprint density at radius 3 is 2.31 bits per heavy atom. The Kier molecular flexibility index (Phi) is 5.58. The molecule has 1 amide bonds. The maximum absolute atomic E-state index is 12.2. The molecule has 1 rings (SSSR count). The Bertz CT molecular complexity index is 162. The molecule has 1 aliphatic rings. The van der Waals surface area contributed by atoms with Gasteiger partial charge in [0.15, 0.2) is 0 Å². The van der Waals surface area contributed by atoms with Crippen molar-refractivity contribution in [1.82, 2.24) is 4.90 Å². The summed E-state index contributed by atoms with van der Waals surface area (Å²) < 4.78 is 24.3. The fourth-order valence-electron chi connectivity index (χ4n) is 1.45. The second-order valence-electron chi connectivity index (χ2n) is 2.76. The molecule has 2 nitrogen and oxygen atoms in total. The second-order valence-corrected chi connectivity index (χ2v) is 2.76. The molecule has 4 heteroatoms. The number of hydrogen-bond acceptors (Lipinski definition) is 1. The smallest absolute Gasteiger partial charge is 0.258 e. The quantitative estimate of drug-likeness (QED) is 0.625. The van der Waals surface area contributed by atoms with E-state index in [1.54, 1.807) is 0 Å². The Balaban J connectivity index is 0.000000671. The fourth-order valence-corrected chi connectivity index (χ4v) is 1.45. The van der Waals surface area contributed by atoms with E-state index in [0.29, 0.717) is 19.4 Å². The van der Waals surface area contributed by atoms with E-state index < -0.39 is 12.5 Å². The third-order valence-corrected chi connectivity index (χ3v) is 1.99. The molecule has 1 aliphatic heterocycles. The maximum Gasteiger partial charge on any atom is 0.258 e. The van der Waals surface area contributed by atoms with Gasteiger partial charge in [0, 0.05) is 13.5 Å². The monoisotopic (exact) mass is 193 g/mol. The Labute approximate surface area is 77.9 Å². The van der Waals surface area contributed by atoms with Gasteiger partial charge < -0.3 is 4.90 Å². The van der Waals surface area contributed by atoms with Gasteiger partial charge >= 0.3 is 0 Å². The molecule has 0 bridgehead atoms. The van der Waals surface area contributed by atoms with Gasteiger partial charge in [-0.2, -0.15) is 0 Å². The van der Waals surface area contributed by atoms with Crippen molar-refractivity contribution in [3.63, 3.8) is 0 Å². The van der Waals surface area contributed by atoms with Gasteiger partial charge in [-0.25, -0.2) is 8.78 Å². The van der Waals surface area contributed by atoms with Crippen LogP contribution in [0.2, 0.25) is 0 Å². The third-order valence-electron chi connectivity index (χ3n) is 1.99. The van der Waals surface area contributed by atoms with Gasteiger partial charge in [-0.05, 0) is 12.8 Å². The highest BCUT2D eigenvalue weighted by molar-refractivity contribution is 5.73. The van der Waals surface area contributed by atoms with E-state index >= 15 is 0 Å². The van der Waals surface area contributed by atoms with Gasteiger partial charge in [-0.15, -0.1) is 0 Å². The minimum atomic E-state index is -2.39. The molecule has 1 atom stereocenters. The minimum Gasteiger partial charge on any atom is -0.334 e. The molecule has 0 aromatic carbocycles. The number of likely N-dealkylation sites (tertiary alicyclic amines) is 1. The van der Waals surface area contributed by atoms with Crippen LogP contribution in [-0.2, 0) is 4.79 Å². The lowest BCUT2D eigenvalue weighted by molar-refractivity contribution is -0.132. The molecule has 13 heavy (non-hydrogen) atoms. The third kappa shape index (κ3) is 3.28. The molecule has 0 aromatic rings. The number of halogens is 2. The topological polar surface area (TPSA) is 20.3 Å². The van der Waals surface area contributed by atoms with Crippen LogP contribution in [0, 0.1) is 0 Å². The van der Waals surface area contributed by atoms with E-state index in [9.17, 15) is 13.6 Å². The first-order chi connectivity index (χ1) is 6.13. The van der Waals surface area contributed by atoms with E-state index in [0.717, 1.165) is 0 Å². The molecular formula is C9H17F2NO. The molecule has 0 aliphatic carbocycles. The molecule has 1 heterocycles. The van der Waals surface area contributed by atoms with Crippen LogP contribution in [0.1, 0.15) is 33.6 Å². The first-order valence-corrected chi connectivity index (χ1v) is 4.68. The predicted molar refractivity (Wildman–Crippen MR) is 47.8 cm³/mol. The summed E-state index contributed by atoms with van der Waals surface area (Å²) in [5.74, 6) is -0.243. The molecule has 1 fully saturated rings. The van der Waals surface area contributed by atoms with Crippen LogP contribution in [0.25, 0.3) is 0 Å². The van der Waals surface area contributed by atoms with Gasteiger partial charge in [0.25, 0.3) is 6.43 Å². The van der Waals surface area contributed by atoms with E-state index in [1.807, 2.05) is 13.8 Å². The molecule has 78 valence electrons. The Morgan fingerprint density at radius 1 is 1.46 bits per heavy atom. The molecule has 0 saturated carbocycles. The zero-order valence-corrected chi connectivity index (χ0v) is 8.39. The van der Waals surface area contributed by atoms with Crippen LogP contribution in [0.5, 0.6) is 0 Å². The maximum atomic E-state index is 12.2. The van der Waals surface area contributed by atoms with E-state index in [2.05, 4.69) is 0 Å². The molecule has 0 aromatic heterocycles. The van der Waals surface area contributed by atoms with Crippen LogP contribution in [0.15, 0.2) is 0 Å². The standard InChI is InChI=1S/C7H11F2NO.C2H6/c1-5(11)10-4-2-3-6(10)7(8)9;1-2/h6-7H,2-4H2,1H3;1-2H3. The van der Waals surface area contributed by atoms with Gasteiger partial charge in [0.1, 0.15) is 0 Å². The van der Waals surface area contributed by atoms with Crippen LogP contribution in [-0.4, -0.2) is 29.8 Å². The molecule has 1 saturated heterocycles. The number of alkyl halides is 2. The lowest BCUT2D eigenvalue weighted by Crippen LogP contribution is -2.38. The number of hydrogen-bond donors (Lipinski definition) is 0. The van der Waals surface area contributed by atoms with Crippen molar-refractivity contribution < 1.29 is 13.6 Å². The van der Waals surface area contributed by atoms with E-state index in [4.69, 9.17) is 0 Å². The first kappa shape index (κ1) is 12.3. The largest absolute Gasteiger partial charge is 0.334 e. The average Bonchev–Trinajstić information content (AvgIpc) is 2.55. The molecule has 1 unspecified atom stereocenters. The van der Waals surface area contributed by atoms with E-state index in [-0.39, 0.29) is 5.91 Å². The van der Waals surface area contributed by atoms with Crippen molar-refractivity contribution in [3.05, 3.63) is 0 Å². The Morgan fingerprint density at radius 2 is 2.00 bits per heavy atom. The molecule has 0 N–H and O–H groups in total. The number of nitrogens with zero attached hydrogens (tertiary/aromatic N) is 1. The Hall–Kier alpha value is -0.670. The van der Waals surface area contributed by atoms with Crippen molar-refractivity contribution >= 4 is 5.91 Å². The summed E-state index contributed by atoms with van der Waals surface area (Å²) in [6, 6.07) is -0.826. The molecular weight excluding hydrogens is 176 g/mol. The van der Waals surface area contributed by atoms with Gasteiger partial charge in [0.2, 0.25) is 5.91 Å². The van der Waals surface area contributed by atoms with Crippen molar-refractivity contribution in [2.24, 2.45) is 0 Å². The summed E-state index contributed by atoms with van der Waals surface area (Å²) in [6.07, 6.45) is -1.24.